The van der Waals surface area contributed by atoms with Crippen LogP contribution in [0.5, 0.6) is 0 Å². The van der Waals surface area contributed by atoms with Gasteiger partial charge >= 0.3 is 0 Å². The highest BCUT2D eigenvalue weighted by Crippen LogP contribution is 2.22. The third-order valence-corrected chi connectivity index (χ3v) is 5.74. The van der Waals surface area contributed by atoms with Crippen molar-refractivity contribution >= 4 is 15.7 Å². The van der Waals surface area contributed by atoms with Crippen molar-refractivity contribution in [2.75, 3.05) is 19.3 Å². The van der Waals surface area contributed by atoms with Crippen molar-refractivity contribution in [3.05, 3.63) is 42.2 Å². The summed E-state index contributed by atoms with van der Waals surface area (Å²) in [5, 5.41) is 7.86. The van der Waals surface area contributed by atoms with Crippen LogP contribution in [-0.4, -0.2) is 53.6 Å². The van der Waals surface area contributed by atoms with Gasteiger partial charge in [0.15, 0.2) is 9.84 Å². The molecule has 1 aromatic carbocycles. The van der Waals surface area contributed by atoms with Crippen molar-refractivity contribution in [1.82, 2.24) is 19.9 Å². The number of likely N-dealkylation sites (tertiary alicyclic amines) is 1. The predicted octanol–water partition coefficient (Wildman–Crippen LogP) is 1.48. The van der Waals surface area contributed by atoms with Gasteiger partial charge in [-0.05, 0) is 37.0 Å². The van der Waals surface area contributed by atoms with Crippen molar-refractivity contribution in [2.24, 2.45) is 0 Å². The average Bonchev–Trinajstić information content (AvgIpc) is 3.14. The molecule has 0 N–H and O–H groups in total. The Balaban J connectivity index is 1.48. The van der Waals surface area contributed by atoms with E-state index in [2.05, 4.69) is 10.3 Å². The average molecular weight is 362 g/mol. The van der Waals surface area contributed by atoms with Crippen LogP contribution >= 0.6 is 0 Å². The Morgan fingerprint density at radius 3 is 2.44 bits per heavy atom. The monoisotopic (exact) mass is 362 g/mol. The molecular formula is C17H22N4O3S. The summed E-state index contributed by atoms with van der Waals surface area (Å²) in [4.78, 5) is 14.6. The standard InChI is InChI=1S/C17H22N4O3S/c1-25(23,24)16-5-2-14(3-6-16)4-7-17(22)20-11-8-15(9-12-20)21-13-10-18-19-21/h2-3,5-6,10,13,15H,4,7-9,11-12H2,1H3. The van der Waals surface area contributed by atoms with Crippen molar-refractivity contribution < 1.29 is 13.2 Å². The number of hydrogen-bond donors (Lipinski definition) is 0. The molecule has 1 amide bonds. The molecule has 0 aliphatic carbocycles. The molecule has 0 unspecified atom stereocenters. The van der Waals surface area contributed by atoms with Crippen LogP contribution in [0.1, 0.15) is 30.9 Å². The van der Waals surface area contributed by atoms with Crippen molar-refractivity contribution in [3.63, 3.8) is 0 Å². The predicted molar refractivity (Wildman–Crippen MR) is 92.7 cm³/mol. The van der Waals surface area contributed by atoms with E-state index in [4.69, 9.17) is 0 Å². The summed E-state index contributed by atoms with van der Waals surface area (Å²) >= 11 is 0. The van der Waals surface area contributed by atoms with E-state index >= 15 is 0 Å². The Labute approximate surface area is 147 Å². The van der Waals surface area contributed by atoms with Crippen molar-refractivity contribution in [1.29, 1.82) is 0 Å². The molecule has 3 rings (SSSR count). The molecule has 134 valence electrons. The molecule has 1 aromatic heterocycles. The zero-order valence-electron chi connectivity index (χ0n) is 14.2. The Bertz CT molecular complexity index is 808. The molecule has 2 aromatic rings. The lowest BCUT2D eigenvalue weighted by atomic mass is 10.0. The minimum Gasteiger partial charge on any atom is -0.343 e. The molecule has 0 spiro atoms. The highest BCUT2D eigenvalue weighted by atomic mass is 32.2. The van der Waals surface area contributed by atoms with Crippen LogP contribution in [0, 0.1) is 0 Å². The maximum atomic E-state index is 12.4. The summed E-state index contributed by atoms with van der Waals surface area (Å²) in [6, 6.07) is 7.06. The SMILES string of the molecule is CS(=O)(=O)c1ccc(CCC(=O)N2CCC(n3ccnn3)CC2)cc1. The van der Waals surface area contributed by atoms with E-state index in [1.807, 2.05) is 15.8 Å². The smallest absolute Gasteiger partial charge is 0.222 e. The first-order chi connectivity index (χ1) is 11.9. The Morgan fingerprint density at radius 1 is 1.20 bits per heavy atom. The fourth-order valence-electron chi connectivity index (χ4n) is 3.10. The molecule has 25 heavy (non-hydrogen) atoms. The lowest BCUT2D eigenvalue weighted by Crippen LogP contribution is -2.39. The summed E-state index contributed by atoms with van der Waals surface area (Å²) in [5.41, 5.74) is 0.971. The number of carbonyl (C=O) groups excluding carboxylic acids is 1. The van der Waals surface area contributed by atoms with Crippen molar-refractivity contribution in [3.8, 4) is 0 Å². The first-order valence-corrected chi connectivity index (χ1v) is 10.3. The van der Waals surface area contributed by atoms with E-state index in [0.717, 1.165) is 31.5 Å². The minimum absolute atomic E-state index is 0.143. The number of aryl methyl sites for hydroxylation is 1. The zero-order valence-corrected chi connectivity index (χ0v) is 15.0. The number of amides is 1. The van der Waals surface area contributed by atoms with Gasteiger partial charge in [0.25, 0.3) is 0 Å². The number of carbonyl (C=O) groups is 1. The largest absolute Gasteiger partial charge is 0.343 e. The molecule has 0 saturated carbocycles. The van der Waals surface area contributed by atoms with Crippen LogP contribution in [0.15, 0.2) is 41.6 Å². The second-order valence-electron chi connectivity index (χ2n) is 6.41. The Morgan fingerprint density at radius 2 is 1.88 bits per heavy atom. The van der Waals surface area contributed by atoms with E-state index in [1.165, 1.54) is 6.26 Å². The van der Waals surface area contributed by atoms with Gasteiger partial charge in [0.2, 0.25) is 5.91 Å². The Kier molecular flexibility index (Phi) is 5.17. The topological polar surface area (TPSA) is 85.2 Å². The highest BCUT2D eigenvalue weighted by molar-refractivity contribution is 7.90. The summed E-state index contributed by atoms with van der Waals surface area (Å²) in [6.45, 7) is 1.47. The van der Waals surface area contributed by atoms with Crippen LogP contribution in [0.4, 0.5) is 0 Å². The number of piperidine rings is 1. The molecule has 2 heterocycles. The molecule has 1 aliphatic heterocycles. The molecule has 7 nitrogen and oxygen atoms in total. The quantitative estimate of drug-likeness (QED) is 0.804. The number of hydrogen-bond acceptors (Lipinski definition) is 5. The number of rotatable bonds is 5. The number of benzene rings is 1. The lowest BCUT2D eigenvalue weighted by Gasteiger charge is -2.32. The van der Waals surface area contributed by atoms with E-state index < -0.39 is 9.84 Å². The van der Waals surface area contributed by atoms with Gasteiger partial charge in [0, 0.05) is 32.0 Å². The second kappa shape index (κ2) is 7.35. The zero-order chi connectivity index (χ0) is 17.9. The molecule has 8 heteroatoms. The fourth-order valence-corrected chi connectivity index (χ4v) is 3.74. The van der Waals surface area contributed by atoms with Gasteiger partial charge in [-0.25, -0.2) is 13.1 Å². The van der Waals surface area contributed by atoms with Crippen LogP contribution in [-0.2, 0) is 21.1 Å². The van der Waals surface area contributed by atoms with E-state index in [1.54, 1.807) is 30.5 Å². The third-order valence-electron chi connectivity index (χ3n) is 4.61. The second-order valence-corrected chi connectivity index (χ2v) is 8.43. The summed E-state index contributed by atoms with van der Waals surface area (Å²) in [7, 11) is -3.18. The maximum Gasteiger partial charge on any atom is 0.222 e. The molecule has 0 bridgehead atoms. The van der Waals surface area contributed by atoms with Gasteiger partial charge < -0.3 is 4.90 Å². The summed E-state index contributed by atoms with van der Waals surface area (Å²) in [5.74, 6) is 0.143. The number of sulfone groups is 1. The summed E-state index contributed by atoms with van der Waals surface area (Å²) in [6.07, 6.45) is 7.55. The van der Waals surface area contributed by atoms with Gasteiger partial charge in [-0.15, -0.1) is 5.10 Å². The Hall–Kier alpha value is -2.22. The number of aromatic nitrogens is 3. The van der Waals surface area contributed by atoms with Crippen LogP contribution in [0.2, 0.25) is 0 Å². The van der Waals surface area contributed by atoms with Gasteiger partial charge in [-0.2, -0.15) is 0 Å². The van der Waals surface area contributed by atoms with E-state index in [0.29, 0.717) is 23.8 Å². The van der Waals surface area contributed by atoms with E-state index in [-0.39, 0.29) is 5.91 Å². The minimum atomic E-state index is -3.18. The summed E-state index contributed by atoms with van der Waals surface area (Å²) < 4.78 is 24.8. The van der Waals surface area contributed by atoms with Crippen LogP contribution in [0.25, 0.3) is 0 Å². The maximum absolute atomic E-state index is 12.4. The first kappa shape index (κ1) is 17.6. The molecular weight excluding hydrogens is 340 g/mol. The normalized spacial score (nSPS) is 16.1. The molecule has 1 saturated heterocycles. The molecule has 1 fully saturated rings. The number of nitrogens with zero attached hydrogens (tertiary/aromatic N) is 4. The van der Waals surface area contributed by atoms with Gasteiger partial charge in [-0.1, -0.05) is 17.3 Å². The van der Waals surface area contributed by atoms with Gasteiger partial charge in [0.1, 0.15) is 0 Å². The van der Waals surface area contributed by atoms with Crippen molar-refractivity contribution in [2.45, 2.75) is 36.6 Å². The lowest BCUT2D eigenvalue weighted by molar-refractivity contribution is -0.132. The molecule has 0 atom stereocenters. The van der Waals surface area contributed by atoms with Gasteiger partial charge in [-0.3, -0.25) is 4.79 Å². The third kappa shape index (κ3) is 4.45. The van der Waals surface area contributed by atoms with E-state index in [9.17, 15) is 13.2 Å². The fraction of sp³-hybridized carbons (Fsp3) is 0.471. The van der Waals surface area contributed by atoms with Crippen LogP contribution < -0.4 is 0 Å². The van der Waals surface area contributed by atoms with Crippen LogP contribution in [0.3, 0.4) is 0 Å². The highest BCUT2D eigenvalue weighted by Gasteiger charge is 2.23. The molecule has 1 aliphatic rings. The first-order valence-electron chi connectivity index (χ1n) is 8.36. The molecule has 0 radical (unpaired) electrons. The van der Waals surface area contributed by atoms with Gasteiger partial charge in [0.05, 0.1) is 17.1 Å².